The lowest BCUT2D eigenvalue weighted by Crippen LogP contribution is -2.53. The molecule has 1 heterocycles. The van der Waals surface area contributed by atoms with Crippen molar-refractivity contribution in [2.24, 2.45) is 0 Å². The van der Waals surface area contributed by atoms with Gasteiger partial charge in [0.1, 0.15) is 0 Å². The molecule has 3 atom stereocenters. The first kappa shape index (κ1) is 9.16. The molecule has 0 aromatic heterocycles. The maximum absolute atomic E-state index is 11.1. The Labute approximate surface area is 69.6 Å². The highest BCUT2D eigenvalue weighted by molar-refractivity contribution is 7.85. The highest BCUT2D eigenvalue weighted by Gasteiger charge is 2.36. The fourth-order valence-electron chi connectivity index (χ4n) is 1.43. The van der Waals surface area contributed by atoms with Crippen LogP contribution in [0.2, 0.25) is 0 Å². The average molecular weight is 177 g/mol. The normalized spacial score (nSPS) is 41.9. The van der Waals surface area contributed by atoms with Crippen molar-refractivity contribution in [2.75, 3.05) is 19.3 Å². The fourth-order valence-corrected chi connectivity index (χ4v) is 2.62. The summed E-state index contributed by atoms with van der Waals surface area (Å²) in [6.45, 7) is 3.25. The van der Waals surface area contributed by atoms with Gasteiger partial charge in [-0.05, 0) is 19.9 Å². The van der Waals surface area contributed by atoms with E-state index in [-0.39, 0.29) is 5.25 Å². The first-order chi connectivity index (χ1) is 5.04. The van der Waals surface area contributed by atoms with Crippen LogP contribution in [0.3, 0.4) is 0 Å². The Bertz CT molecular complexity index is 170. The van der Waals surface area contributed by atoms with Gasteiger partial charge in [0.25, 0.3) is 0 Å². The van der Waals surface area contributed by atoms with Gasteiger partial charge in [0.2, 0.25) is 0 Å². The molecule has 0 aromatic carbocycles. The molecule has 4 heteroatoms. The van der Waals surface area contributed by atoms with E-state index < -0.39 is 16.4 Å². The van der Waals surface area contributed by atoms with Gasteiger partial charge in [0, 0.05) is 23.6 Å². The van der Waals surface area contributed by atoms with Crippen molar-refractivity contribution >= 4 is 10.8 Å². The third-order valence-electron chi connectivity index (χ3n) is 2.23. The summed E-state index contributed by atoms with van der Waals surface area (Å²) < 4.78 is 11.1. The Morgan fingerprint density at radius 2 is 2.36 bits per heavy atom. The fraction of sp³-hybridized carbons (Fsp3) is 1.00. The summed E-state index contributed by atoms with van der Waals surface area (Å²) in [5.74, 6) is 0. The Morgan fingerprint density at radius 1 is 1.73 bits per heavy atom. The summed E-state index contributed by atoms with van der Waals surface area (Å²) in [6, 6.07) is 0. The van der Waals surface area contributed by atoms with Crippen LogP contribution in [0.4, 0.5) is 0 Å². The molecule has 2 N–H and O–H groups in total. The standard InChI is InChI=1S/C7H15NO2S/c1-7(9)3-4-8-5-6(7)11(2)10/h6,8-9H,3-5H2,1-2H3. The second-order valence-corrected chi connectivity index (χ2v) is 4.86. The molecular weight excluding hydrogens is 162 g/mol. The van der Waals surface area contributed by atoms with E-state index in [1.54, 1.807) is 13.2 Å². The van der Waals surface area contributed by atoms with Gasteiger partial charge < -0.3 is 10.4 Å². The molecule has 0 radical (unpaired) electrons. The van der Waals surface area contributed by atoms with Crippen LogP contribution in [0, 0.1) is 0 Å². The Hall–Kier alpha value is 0.0700. The Morgan fingerprint density at radius 3 is 2.73 bits per heavy atom. The molecule has 0 saturated carbocycles. The third-order valence-corrected chi connectivity index (χ3v) is 3.71. The number of hydrogen-bond acceptors (Lipinski definition) is 3. The molecule has 0 bridgehead atoms. The summed E-state index contributed by atoms with van der Waals surface area (Å²) >= 11 is 0. The van der Waals surface area contributed by atoms with E-state index >= 15 is 0 Å². The lowest BCUT2D eigenvalue weighted by molar-refractivity contribution is 0.0343. The quantitative estimate of drug-likeness (QED) is 0.566. The van der Waals surface area contributed by atoms with Gasteiger partial charge in [-0.15, -0.1) is 0 Å². The maximum atomic E-state index is 11.1. The Balaban J connectivity index is 2.67. The summed E-state index contributed by atoms with van der Waals surface area (Å²) in [6.07, 6.45) is 2.34. The number of rotatable bonds is 1. The molecule has 1 rings (SSSR count). The number of hydrogen-bond donors (Lipinski definition) is 2. The molecule has 1 aliphatic heterocycles. The zero-order chi connectivity index (χ0) is 8.48. The van der Waals surface area contributed by atoms with Crippen LogP contribution in [0.1, 0.15) is 13.3 Å². The SMILES string of the molecule is CS(=O)C1CNCCC1(C)O. The second-order valence-electron chi connectivity index (χ2n) is 3.30. The molecule has 1 saturated heterocycles. The third kappa shape index (κ3) is 2.01. The molecular formula is C7H15NO2S. The van der Waals surface area contributed by atoms with Crippen molar-refractivity contribution in [3.05, 3.63) is 0 Å². The summed E-state index contributed by atoms with van der Waals surface area (Å²) in [5, 5.41) is 12.8. The molecule has 0 spiro atoms. The first-order valence-electron chi connectivity index (χ1n) is 3.79. The van der Waals surface area contributed by atoms with Crippen LogP contribution >= 0.6 is 0 Å². The molecule has 3 unspecified atom stereocenters. The van der Waals surface area contributed by atoms with E-state index in [4.69, 9.17) is 0 Å². The van der Waals surface area contributed by atoms with Crippen molar-refractivity contribution in [1.29, 1.82) is 0 Å². The van der Waals surface area contributed by atoms with E-state index in [0.29, 0.717) is 13.0 Å². The largest absolute Gasteiger partial charge is 0.389 e. The van der Waals surface area contributed by atoms with E-state index in [2.05, 4.69) is 5.32 Å². The van der Waals surface area contributed by atoms with Crippen LogP contribution in [0.5, 0.6) is 0 Å². The molecule has 3 nitrogen and oxygen atoms in total. The lowest BCUT2D eigenvalue weighted by Gasteiger charge is -2.35. The first-order valence-corrected chi connectivity index (χ1v) is 5.41. The molecule has 66 valence electrons. The monoisotopic (exact) mass is 177 g/mol. The van der Waals surface area contributed by atoms with E-state index in [1.807, 2.05) is 0 Å². The van der Waals surface area contributed by atoms with E-state index in [1.165, 1.54) is 0 Å². The van der Waals surface area contributed by atoms with Crippen molar-refractivity contribution in [1.82, 2.24) is 5.32 Å². The Kier molecular flexibility index (Phi) is 2.67. The highest BCUT2D eigenvalue weighted by atomic mass is 32.2. The second kappa shape index (κ2) is 3.21. The van der Waals surface area contributed by atoms with Crippen molar-refractivity contribution in [3.8, 4) is 0 Å². The predicted molar refractivity (Wildman–Crippen MR) is 46.0 cm³/mol. The van der Waals surface area contributed by atoms with Gasteiger partial charge in [-0.25, -0.2) is 0 Å². The van der Waals surface area contributed by atoms with Gasteiger partial charge in [0.05, 0.1) is 10.9 Å². The predicted octanol–water partition coefficient (Wildman–Crippen LogP) is -0.522. The summed E-state index contributed by atoms with van der Waals surface area (Å²) in [5.41, 5.74) is -0.745. The van der Waals surface area contributed by atoms with Crippen LogP contribution in [0.25, 0.3) is 0 Å². The van der Waals surface area contributed by atoms with Gasteiger partial charge in [-0.3, -0.25) is 4.21 Å². The number of aliphatic hydroxyl groups is 1. The molecule has 1 aliphatic rings. The minimum atomic E-state index is -0.934. The van der Waals surface area contributed by atoms with Gasteiger partial charge in [-0.1, -0.05) is 0 Å². The number of nitrogens with one attached hydrogen (secondary N) is 1. The van der Waals surface area contributed by atoms with Crippen molar-refractivity contribution in [2.45, 2.75) is 24.2 Å². The molecule has 0 amide bonds. The molecule has 11 heavy (non-hydrogen) atoms. The topological polar surface area (TPSA) is 49.3 Å². The maximum Gasteiger partial charge on any atom is 0.0787 e. The summed E-state index contributed by atoms with van der Waals surface area (Å²) in [4.78, 5) is 0. The molecule has 0 aliphatic carbocycles. The average Bonchev–Trinajstić information content (AvgIpc) is 1.85. The zero-order valence-corrected chi connectivity index (χ0v) is 7.78. The van der Waals surface area contributed by atoms with E-state index in [0.717, 1.165) is 6.54 Å². The van der Waals surface area contributed by atoms with Gasteiger partial charge in [0.15, 0.2) is 0 Å². The van der Waals surface area contributed by atoms with Crippen molar-refractivity contribution in [3.63, 3.8) is 0 Å². The van der Waals surface area contributed by atoms with Gasteiger partial charge >= 0.3 is 0 Å². The zero-order valence-electron chi connectivity index (χ0n) is 6.96. The van der Waals surface area contributed by atoms with Crippen LogP contribution in [0.15, 0.2) is 0 Å². The van der Waals surface area contributed by atoms with Gasteiger partial charge in [-0.2, -0.15) is 0 Å². The van der Waals surface area contributed by atoms with Crippen LogP contribution in [-0.4, -0.2) is 39.5 Å². The number of piperidine rings is 1. The minimum Gasteiger partial charge on any atom is -0.389 e. The van der Waals surface area contributed by atoms with E-state index in [9.17, 15) is 9.32 Å². The highest BCUT2D eigenvalue weighted by Crippen LogP contribution is 2.20. The van der Waals surface area contributed by atoms with Crippen LogP contribution < -0.4 is 5.32 Å². The smallest absolute Gasteiger partial charge is 0.0787 e. The van der Waals surface area contributed by atoms with Crippen LogP contribution in [-0.2, 0) is 10.8 Å². The molecule has 0 aromatic rings. The van der Waals surface area contributed by atoms with Crippen molar-refractivity contribution < 1.29 is 9.32 Å². The molecule has 1 fully saturated rings. The minimum absolute atomic E-state index is 0.115. The summed E-state index contributed by atoms with van der Waals surface area (Å²) in [7, 11) is -0.934. The lowest BCUT2D eigenvalue weighted by atomic mass is 9.94.